The van der Waals surface area contributed by atoms with E-state index >= 15 is 0 Å². The van der Waals surface area contributed by atoms with Crippen molar-refractivity contribution in [1.82, 2.24) is 9.78 Å². The molecule has 0 spiro atoms. The lowest BCUT2D eigenvalue weighted by molar-refractivity contribution is -0.136. The first kappa shape index (κ1) is 18.7. The SMILES string of the molecule is COc1ccc(-c2c3cccc(C(F)(F)F)c3nn2C2CCCC2)c(OC)c1. The van der Waals surface area contributed by atoms with Crippen molar-refractivity contribution in [2.45, 2.75) is 37.9 Å². The Hall–Kier alpha value is -2.70. The minimum absolute atomic E-state index is 0.0187. The van der Waals surface area contributed by atoms with Gasteiger partial charge in [0.2, 0.25) is 0 Å². The largest absolute Gasteiger partial charge is 0.497 e. The summed E-state index contributed by atoms with van der Waals surface area (Å²) in [6, 6.07) is 9.64. The molecule has 4 nitrogen and oxygen atoms in total. The third-order valence-electron chi connectivity index (χ3n) is 5.37. The van der Waals surface area contributed by atoms with E-state index in [0.717, 1.165) is 31.7 Å². The fraction of sp³-hybridized carbons (Fsp3) is 0.381. The van der Waals surface area contributed by atoms with E-state index in [1.807, 2.05) is 6.07 Å². The van der Waals surface area contributed by atoms with Crippen molar-refractivity contribution in [2.24, 2.45) is 0 Å². The second-order valence-corrected chi connectivity index (χ2v) is 7.00. The van der Waals surface area contributed by atoms with Crippen molar-refractivity contribution in [3.05, 3.63) is 42.0 Å². The zero-order valence-corrected chi connectivity index (χ0v) is 15.7. The number of methoxy groups -OCH3 is 2. The van der Waals surface area contributed by atoms with Crippen LogP contribution in [0.2, 0.25) is 0 Å². The van der Waals surface area contributed by atoms with Crippen LogP contribution in [0.3, 0.4) is 0 Å². The van der Waals surface area contributed by atoms with Crippen LogP contribution in [-0.4, -0.2) is 24.0 Å². The topological polar surface area (TPSA) is 36.3 Å². The lowest BCUT2D eigenvalue weighted by Gasteiger charge is -2.17. The summed E-state index contributed by atoms with van der Waals surface area (Å²) in [5.74, 6) is 1.16. The molecule has 148 valence electrons. The predicted molar refractivity (Wildman–Crippen MR) is 101 cm³/mol. The number of halogens is 3. The maximum Gasteiger partial charge on any atom is 0.418 e. The third-order valence-corrected chi connectivity index (χ3v) is 5.37. The Kier molecular flexibility index (Phi) is 4.69. The molecule has 2 aromatic carbocycles. The van der Waals surface area contributed by atoms with Crippen molar-refractivity contribution in [3.63, 3.8) is 0 Å². The van der Waals surface area contributed by atoms with Crippen LogP contribution < -0.4 is 9.47 Å². The van der Waals surface area contributed by atoms with Gasteiger partial charge in [0, 0.05) is 17.0 Å². The fourth-order valence-electron chi connectivity index (χ4n) is 4.03. The molecule has 3 aromatic rings. The maximum absolute atomic E-state index is 13.6. The maximum atomic E-state index is 13.6. The molecule has 0 atom stereocenters. The normalized spacial score (nSPS) is 15.3. The van der Waals surface area contributed by atoms with Gasteiger partial charge < -0.3 is 9.47 Å². The Morgan fingerprint density at radius 3 is 2.43 bits per heavy atom. The van der Waals surface area contributed by atoms with Crippen molar-refractivity contribution in [2.75, 3.05) is 14.2 Å². The molecular weight excluding hydrogens is 369 g/mol. The number of nitrogens with zero attached hydrogens (tertiary/aromatic N) is 2. The van der Waals surface area contributed by atoms with Crippen LogP contribution in [0.1, 0.15) is 37.3 Å². The second kappa shape index (κ2) is 7.04. The summed E-state index contributed by atoms with van der Waals surface area (Å²) >= 11 is 0. The highest BCUT2D eigenvalue weighted by atomic mass is 19.4. The smallest absolute Gasteiger partial charge is 0.418 e. The molecule has 1 saturated carbocycles. The van der Waals surface area contributed by atoms with Gasteiger partial charge in [-0.25, -0.2) is 0 Å². The highest BCUT2D eigenvalue weighted by molar-refractivity contribution is 5.97. The van der Waals surface area contributed by atoms with Gasteiger partial charge in [0.05, 0.1) is 31.5 Å². The zero-order valence-electron chi connectivity index (χ0n) is 15.7. The van der Waals surface area contributed by atoms with Gasteiger partial charge in [-0.1, -0.05) is 25.0 Å². The lowest BCUT2D eigenvalue weighted by atomic mass is 10.0. The van der Waals surface area contributed by atoms with Gasteiger partial charge in [-0.2, -0.15) is 18.3 Å². The Morgan fingerprint density at radius 2 is 1.79 bits per heavy atom. The van der Waals surface area contributed by atoms with Crippen LogP contribution in [0.25, 0.3) is 22.2 Å². The molecule has 0 N–H and O–H groups in total. The van der Waals surface area contributed by atoms with E-state index in [1.54, 1.807) is 30.0 Å². The molecule has 1 aliphatic carbocycles. The molecule has 7 heteroatoms. The molecule has 0 radical (unpaired) electrons. The molecule has 1 fully saturated rings. The van der Waals surface area contributed by atoms with Crippen LogP contribution in [0.4, 0.5) is 13.2 Å². The average molecular weight is 390 g/mol. The second-order valence-electron chi connectivity index (χ2n) is 7.00. The standard InChI is InChI=1S/C21H21F3N2O2/c1-27-14-10-11-15(18(12-14)28-2)20-16-8-5-9-17(21(22,23)24)19(16)25-26(20)13-6-3-4-7-13/h5,8-13H,3-4,6-7H2,1-2H3. The summed E-state index contributed by atoms with van der Waals surface area (Å²) in [6.07, 6.45) is -0.560. The summed E-state index contributed by atoms with van der Waals surface area (Å²) in [5.41, 5.74) is 0.634. The number of ether oxygens (including phenoxy) is 2. The van der Waals surface area contributed by atoms with Gasteiger partial charge in [0.25, 0.3) is 0 Å². The summed E-state index contributed by atoms with van der Waals surface area (Å²) < 4.78 is 53.3. The van der Waals surface area contributed by atoms with Crippen molar-refractivity contribution < 1.29 is 22.6 Å². The Labute approximate surface area is 160 Å². The highest BCUT2D eigenvalue weighted by Gasteiger charge is 2.35. The van der Waals surface area contributed by atoms with Crippen molar-refractivity contribution >= 4 is 10.9 Å². The number of aromatic nitrogens is 2. The average Bonchev–Trinajstić information content (AvgIpc) is 3.33. The van der Waals surface area contributed by atoms with E-state index in [2.05, 4.69) is 5.10 Å². The van der Waals surface area contributed by atoms with Crippen LogP contribution in [0.15, 0.2) is 36.4 Å². The van der Waals surface area contributed by atoms with E-state index in [0.29, 0.717) is 28.1 Å². The zero-order chi connectivity index (χ0) is 19.9. The molecule has 1 heterocycles. The predicted octanol–water partition coefficient (Wildman–Crippen LogP) is 5.85. The van der Waals surface area contributed by atoms with Crippen molar-refractivity contribution in [1.29, 1.82) is 0 Å². The number of hydrogen-bond acceptors (Lipinski definition) is 3. The van der Waals surface area contributed by atoms with Gasteiger partial charge >= 0.3 is 6.18 Å². The van der Waals surface area contributed by atoms with E-state index in [4.69, 9.17) is 9.47 Å². The quantitative estimate of drug-likeness (QED) is 0.560. The van der Waals surface area contributed by atoms with Crippen LogP contribution in [0, 0.1) is 0 Å². The number of hydrogen-bond donors (Lipinski definition) is 0. The molecule has 0 unspecified atom stereocenters. The van der Waals surface area contributed by atoms with Crippen LogP contribution in [0.5, 0.6) is 11.5 Å². The Morgan fingerprint density at radius 1 is 1.04 bits per heavy atom. The van der Waals surface area contributed by atoms with Crippen LogP contribution in [-0.2, 0) is 6.18 Å². The molecule has 0 bridgehead atoms. The van der Waals surface area contributed by atoms with Gasteiger partial charge in [0.1, 0.15) is 17.0 Å². The highest BCUT2D eigenvalue weighted by Crippen LogP contribution is 2.44. The number of alkyl halides is 3. The lowest BCUT2D eigenvalue weighted by Crippen LogP contribution is -2.09. The molecule has 28 heavy (non-hydrogen) atoms. The van der Waals surface area contributed by atoms with Gasteiger partial charge in [-0.05, 0) is 31.0 Å². The van der Waals surface area contributed by atoms with Gasteiger partial charge in [-0.3, -0.25) is 4.68 Å². The van der Waals surface area contributed by atoms with E-state index < -0.39 is 11.7 Å². The molecular formula is C21H21F3N2O2. The molecule has 1 aromatic heterocycles. The van der Waals surface area contributed by atoms with E-state index in [9.17, 15) is 13.2 Å². The minimum Gasteiger partial charge on any atom is -0.497 e. The molecule has 1 aliphatic rings. The number of rotatable bonds is 4. The first-order valence-corrected chi connectivity index (χ1v) is 9.25. The molecule has 4 rings (SSSR count). The summed E-state index contributed by atoms with van der Waals surface area (Å²) in [5, 5.41) is 4.94. The molecule has 0 amide bonds. The molecule has 0 saturated heterocycles. The van der Waals surface area contributed by atoms with Crippen LogP contribution >= 0.6 is 0 Å². The van der Waals surface area contributed by atoms with E-state index in [-0.39, 0.29) is 11.6 Å². The molecule has 0 aliphatic heterocycles. The number of fused-ring (bicyclic) bond motifs is 1. The summed E-state index contributed by atoms with van der Waals surface area (Å²) in [7, 11) is 3.10. The first-order chi connectivity index (χ1) is 13.4. The van der Waals surface area contributed by atoms with Gasteiger partial charge in [0.15, 0.2) is 0 Å². The van der Waals surface area contributed by atoms with Gasteiger partial charge in [-0.15, -0.1) is 0 Å². The van der Waals surface area contributed by atoms with E-state index in [1.165, 1.54) is 13.2 Å². The van der Waals surface area contributed by atoms with Crippen molar-refractivity contribution in [3.8, 4) is 22.8 Å². The Balaban J connectivity index is 2.02. The number of benzene rings is 2. The third kappa shape index (κ3) is 3.08. The fourth-order valence-corrected chi connectivity index (χ4v) is 4.03. The summed E-state index contributed by atoms with van der Waals surface area (Å²) in [4.78, 5) is 0. The monoisotopic (exact) mass is 390 g/mol. The Bertz CT molecular complexity index is 1000. The minimum atomic E-state index is -4.46. The first-order valence-electron chi connectivity index (χ1n) is 9.25. The summed E-state index contributed by atoms with van der Waals surface area (Å²) in [6.45, 7) is 0.